The van der Waals surface area contributed by atoms with Crippen molar-refractivity contribution in [3.63, 3.8) is 0 Å². The van der Waals surface area contributed by atoms with Crippen LogP contribution < -0.4 is 0 Å². The van der Waals surface area contributed by atoms with Gasteiger partial charge in [-0.05, 0) is 29.2 Å². The SMILES string of the molecule is COC(=O)CC(O)CC(O)/C=C/c1c(-c2ccc(F)cc2)c(-c2ccccc2)n(C)c1C(C)C. The van der Waals surface area contributed by atoms with Crippen LogP contribution in [0.5, 0.6) is 0 Å². The van der Waals surface area contributed by atoms with Crippen LogP contribution in [0.4, 0.5) is 4.39 Å². The van der Waals surface area contributed by atoms with Crippen molar-refractivity contribution in [2.24, 2.45) is 7.05 Å². The molecule has 180 valence electrons. The van der Waals surface area contributed by atoms with Gasteiger partial charge in [-0.1, -0.05) is 68.5 Å². The molecule has 0 radical (unpaired) electrons. The minimum absolute atomic E-state index is 0.00681. The number of carbonyl (C=O) groups excluding carboxylic acids is 1. The average molecular weight is 466 g/mol. The second kappa shape index (κ2) is 11.3. The summed E-state index contributed by atoms with van der Waals surface area (Å²) in [6.45, 7) is 4.21. The molecule has 6 heteroatoms. The number of aliphatic hydroxyl groups excluding tert-OH is 2. The van der Waals surface area contributed by atoms with Gasteiger partial charge in [0.25, 0.3) is 0 Å². The molecule has 3 rings (SSSR count). The number of hydrogen-bond acceptors (Lipinski definition) is 4. The normalized spacial score (nSPS) is 13.4. The number of ether oxygens (including phenoxy) is 1. The molecule has 0 saturated heterocycles. The maximum atomic E-state index is 13.7. The van der Waals surface area contributed by atoms with E-state index in [1.54, 1.807) is 18.2 Å². The van der Waals surface area contributed by atoms with Gasteiger partial charge in [-0.25, -0.2) is 4.39 Å². The number of carbonyl (C=O) groups is 1. The zero-order chi connectivity index (χ0) is 24.8. The number of methoxy groups -OCH3 is 1. The highest BCUT2D eigenvalue weighted by Gasteiger charge is 2.24. The first-order chi connectivity index (χ1) is 16.2. The van der Waals surface area contributed by atoms with Crippen LogP contribution in [0.2, 0.25) is 0 Å². The third-order valence-electron chi connectivity index (χ3n) is 5.83. The largest absolute Gasteiger partial charge is 0.469 e. The monoisotopic (exact) mass is 465 g/mol. The van der Waals surface area contributed by atoms with E-state index in [9.17, 15) is 19.4 Å². The Hall–Kier alpha value is -3.22. The van der Waals surface area contributed by atoms with E-state index in [0.29, 0.717) is 0 Å². The van der Waals surface area contributed by atoms with E-state index in [-0.39, 0.29) is 24.6 Å². The van der Waals surface area contributed by atoms with Gasteiger partial charge in [0, 0.05) is 30.3 Å². The molecule has 3 aromatic rings. The Labute approximate surface area is 200 Å². The Morgan fingerprint density at radius 1 is 1.06 bits per heavy atom. The Balaban J connectivity index is 2.11. The summed E-state index contributed by atoms with van der Waals surface area (Å²) in [4.78, 5) is 11.4. The van der Waals surface area contributed by atoms with E-state index in [1.165, 1.54) is 19.2 Å². The molecular formula is C28H32FNO4. The van der Waals surface area contributed by atoms with Gasteiger partial charge in [0.05, 0.1) is 31.4 Å². The zero-order valence-corrected chi connectivity index (χ0v) is 20.0. The van der Waals surface area contributed by atoms with E-state index in [2.05, 4.69) is 23.2 Å². The highest BCUT2D eigenvalue weighted by Crippen LogP contribution is 2.42. The van der Waals surface area contributed by atoms with Crippen molar-refractivity contribution in [1.29, 1.82) is 0 Å². The lowest BCUT2D eigenvalue weighted by Crippen LogP contribution is -2.20. The van der Waals surface area contributed by atoms with Gasteiger partial charge in [0.2, 0.25) is 0 Å². The Kier molecular flexibility index (Phi) is 8.42. The lowest BCUT2D eigenvalue weighted by Gasteiger charge is -2.13. The third-order valence-corrected chi connectivity index (χ3v) is 5.83. The summed E-state index contributed by atoms with van der Waals surface area (Å²) in [7, 11) is 3.27. The maximum Gasteiger partial charge on any atom is 0.308 e. The molecule has 5 nitrogen and oxygen atoms in total. The first-order valence-electron chi connectivity index (χ1n) is 11.4. The number of halogens is 1. The number of nitrogens with zero attached hydrogens (tertiary/aromatic N) is 1. The molecule has 2 N–H and O–H groups in total. The van der Waals surface area contributed by atoms with Crippen molar-refractivity contribution in [2.75, 3.05) is 7.11 Å². The van der Waals surface area contributed by atoms with Crippen LogP contribution in [-0.2, 0) is 16.6 Å². The highest BCUT2D eigenvalue weighted by atomic mass is 19.1. The fourth-order valence-corrected chi connectivity index (χ4v) is 4.36. The molecule has 1 heterocycles. The molecular weight excluding hydrogens is 433 g/mol. The summed E-state index contributed by atoms with van der Waals surface area (Å²) >= 11 is 0. The molecule has 0 saturated carbocycles. The molecule has 1 aromatic heterocycles. The number of esters is 1. The lowest BCUT2D eigenvalue weighted by molar-refractivity contribution is -0.143. The molecule has 0 aliphatic carbocycles. The van der Waals surface area contributed by atoms with Gasteiger partial charge in [0.15, 0.2) is 0 Å². The predicted octanol–water partition coefficient (Wildman–Crippen LogP) is 5.31. The van der Waals surface area contributed by atoms with Crippen molar-refractivity contribution < 1.29 is 24.1 Å². The Bertz CT molecular complexity index is 1130. The van der Waals surface area contributed by atoms with Gasteiger partial charge in [0.1, 0.15) is 5.82 Å². The van der Waals surface area contributed by atoms with Crippen molar-refractivity contribution in [3.8, 4) is 22.4 Å². The standard InChI is InChI=1S/C28H32FNO4/c1-18(2)27-24(15-14-22(31)16-23(32)17-25(33)34-4)26(19-10-12-21(29)13-11-19)28(30(27)3)20-8-6-5-7-9-20/h5-15,18,22-23,31-32H,16-17H2,1-4H3/b15-14+. The van der Waals surface area contributed by atoms with Gasteiger partial charge >= 0.3 is 5.97 Å². The van der Waals surface area contributed by atoms with E-state index in [0.717, 1.165) is 33.6 Å². The molecule has 0 spiro atoms. The van der Waals surface area contributed by atoms with Crippen LogP contribution >= 0.6 is 0 Å². The Morgan fingerprint density at radius 3 is 2.29 bits per heavy atom. The van der Waals surface area contributed by atoms with E-state index >= 15 is 0 Å². The van der Waals surface area contributed by atoms with Crippen LogP contribution in [0, 0.1) is 5.82 Å². The van der Waals surface area contributed by atoms with Gasteiger partial charge < -0.3 is 19.5 Å². The third kappa shape index (κ3) is 5.82. The fraction of sp³-hybridized carbons (Fsp3) is 0.321. The van der Waals surface area contributed by atoms with Gasteiger partial charge in [-0.3, -0.25) is 4.79 Å². The number of aromatic nitrogens is 1. The van der Waals surface area contributed by atoms with Crippen LogP contribution in [0.25, 0.3) is 28.5 Å². The summed E-state index contributed by atoms with van der Waals surface area (Å²) in [5, 5.41) is 20.6. The molecule has 34 heavy (non-hydrogen) atoms. The smallest absolute Gasteiger partial charge is 0.308 e. The van der Waals surface area contributed by atoms with E-state index < -0.39 is 18.2 Å². The quantitative estimate of drug-likeness (QED) is 0.420. The van der Waals surface area contributed by atoms with Crippen LogP contribution in [0.15, 0.2) is 60.7 Å². The summed E-state index contributed by atoms with van der Waals surface area (Å²) in [6, 6.07) is 16.4. The van der Waals surface area contributed by atoms with Crippen molar-refractivity contribution in [1.82, 2.24) is 4.57 Å². The van der Waals surface area contributed by atoms with Crippen molar-refractivity contribution >= 4 is 12.0 Å². The molecule has 0 amide bonds. The minimum Gasteiger partial charge on any atom is -0.469 e. The van der Waals surface area contributed by atoms with Crippen LogP contribution in [-0.4, -0.2) is 40.1 Å². The highest BCUT2D eigenvalue weighted by molar-refractivity contribution is 5.90. The molecule has 2 aromatic carbocycles. The molecule has 0 fully saturated rings. The minimum atomic E-state index is -1.01. The summed E-state index contributed by atoms with van der Waals surface area (Å²) in [5.41, 5.74) is 5.82. The fourth-order valence-electron chi connectivity index (χ4n) is 4.36. The first kappa shape index (κ1) is 25.4. The Morgan fingerprint density at radius 2 is 1.71 bits per heavy atom. The second-order valence-electron chi connectivity index (χ2n) is 8.71. The number of benzene rings is 2. The molecule has 0 aliphatic heterocycles. The summed E-state index contributed by atoms with van der Waals surface area (Å²) in [6.07, 6.45) is 1.35. The van der Waals surface area contributed by atoms with Crippen molar-refractivity contribution in [3.05, 3.63) is 77.7 Å². The topological polar surface area (TPSA) is 71.7 Å². The van der Waals surface area contributed by atoms with Crippen LogP contribution in [0.1, 0.15) is 43.9 Å². The van der Waals surface area contributed by atoms with Gasteiger partial charge in [-0.15, -0.1) is 0 Å². The zero-order valence-electron chi connectivity index (χ0n) is 20.0. The second-order valence-corrected chi connectivity index (χ2v) is 8.71. The van der Waals surface area contributed by atoms with Crippen LogP contribution in [0.3, 0.4) is 0 Å². The summed E-state index contributed by atoms with van der Waals surface area (Å²) < 4.78 is 20.4. The number of hydrogen-bond donors (Lipinski definition) is 2. The molecule has 2 atom stereocenters. The molecule has 2 unspecified atom stereocenters. The maximum absolute atomic E-state index is 13.7. The van der Waals surface area contributed by atoms with Gasteiger partial charge in [-0.2, -0.15) is 0 Å². The predicted molar refractivity (Wildman–Crippen MR) is 133 cm³/mol. The van der Waals surface area contributed by atoms with E-state index in [4.69, 9.17) is 0 Å². The average Bonchev–Trinajstić information content (AvgIpc) is 3.10. The summed E-state index contributed by atoms with van der Waals surface area (Å²) in [5.74, 6) is -0.666. The number of rotatable bonds is 9. The van der Waals surface area contributed by atoms with E-state index in [1.807, 2.05) is 43.5 Å². The van der Waals surface area contributed by atoms with Crippen molar-refractivity contribution in [2.45, 2.75) is 44.8 Å². The molecule has 0 aliphatic rings. The first-order valence-corrected chi connectivity index (χ1v) is 11.4. The lowest BCUT2D eigenvalue weighted by atomic mass is 9.94. The molecule has 0 bridgehead atoms. The number of aliphatic hydroxyl groups is 2.